The third kappa shape index (κ3) is 2.60. The zero-order chi connectivity index (χ0) is 20.9. The highest BCUT2D eigenvalue weighted by Crippen LogP contribution is 2.54. The molecular formula is C24H24N4O2. The first-order valence-electron chi connectivity index (χ1n) is 10.3. The summed E-state index contributed by atoms with van der Waals surface area (Å²) in [6.07, 6.45) is 4.00. The van der Waals surface area contributed by atoms with Gasteiger partial charge in [-0.15, -0.1) is 0 Å². The molecule has 0 aliphatic carbocycles. The number of para-hydroxylation sites is 1. The first-order chi connectivity index (χ1) is 14.5. The van der Waals surface area contributed by atoms with Crippen molar-refractivity contribution in [1.82, 2.24) is 14.7 Å². The Hall–Kier alpha value is -3.41. The van der Waals surface area contributed by atoms with Crippen molar-refractivity contribution in [3.05, 3.63) is 83.7 Å². The average Bonchev–Trinajstić information content (AvgIpc) is 3.46. The molecule has 0 bridgehead atoms. The molecule has 1 N–H and O–H groups in total. The van der Waals surface area contributed by atoms with Crippen LogP contribution < -0.4 is 5.32 Å². The SMILES string of the molecule is CC(C)n1cc(C(=O)N2CC[C@]3(C(=O)Nc4ccccc43)[C@@H]2c2ccccc2)cn1. The van der Waals surface area contributed by atoms with Gasteiger partial charge in [0.1, 0.15) is 5.41 Å². The Morgan fingerprint density at radius 1 is 1.13 bits per heavy atom. The van der Waals surface area contributed by atoms with Gasteiger partial charge < -0.3 is 10.2 Å². The molecule has 6 heteroatoms. The second-order valence-corrected chi connectivity index (χ2v) is 8.34. The second kappa shape index (κ2) is 6.83. The molecule has 0 radical (unpaired) electrons. The van der Waals surface area contributed by atoms with Crippen LogP contribution >= 0.6 is 0 Å². The van der Waals surface area contributed by atoms with Crippen LogP contribution in [0.1, 0.15) is 53.8 Å². The van der Waals surface area contributed by atoms with E-state index in [1.165, 1.54) is 0 Å². The number of nitrogens with zero attached hydrogens (tertiary/aromatic N) is 3. The number of nitrogens with one attached hydrogen (secondary N) is 1. The van der Waals surface area contributed by atoms with Crippen LogP contribution in [-0.4, -0.2) is 33.0 Å². The lowest BCUT2D eigenvalue weighted by Gasteiger charge is -2.34. The predicted octanol–water partition coefficient (Wildman–Crippen LogP) is 3.94. The smallest absolute Gasteiger partial charge is 0.257 e. The fourth-order valence-corrected chi connectivity index (χ4v) is 4.90. The maximum Gasteiger partial charge on any atom is 0.257 e. The number of likely N-dealkylation sites (tertiary alicyclic amines) is 1. The highest BCUT2D eigenvalue weighted by atomic mass is 16.2. The summed E-state index contributed by atoms with van der Waals surface area (Å²) in [5.41, 5.74) is 2.53. The number of hydrogen-bond acceptors (Lipinski definition) is 3. The number of benzene rings is 2. The van der Waals surface area contributed by atoms with E-state index in [9.17, 15) is 9.59 Å². The van der Waals surface area contributed by atoms with Gasteiger partial charge in [-0.3, -0.25) is 14.3 Å². The molecular weight excluding hydrogens is 376 g/mol. The summed E-state index contributed by atoms with van der Waals surface area (Å²) >= 11 is 0. The first-order valence-corrected chi connectivity index (χ1v) is 10.3. The van der Waals surface area contributed by atoms with E-state index in [0.29, 0.717) is 18.5 Å². The van der Waals surface area contributed by atoms with Crippen LogP contribution in [0, 0.1) is 0 Å². The molecule has 5 rings (SSSR count). The molecule has 2 aliphatic heterocycles. The molecule has 2 atom stereocenters. The van der Waals surface area contributed by atoms with Gasteiger partial charge >= 0.3 is 0 Å². The molecule has 2 aromatic carbocycles. The van der Waals surface area contributed by atoms with Crippen molar-refractivity contribution in [2.45, 2.75) is 37.8 Å². The van der Waals surface area contributed by atoms with E-state index in [1.807, 2.05) is 73.3 Å². The van der Waals surface area contributed by atoms with Gasteiger partial charge in [0.2, 0.25) is 5.91 Å². The minimum Gasteiger partial charge on any atom is -0.330 e. The summed E-state index contributed by atoms with van der Waals surface area (Å²) in [5.74, 6) is -0.129. The largest absolute Gasteiger partial charge is 0.330 e. The zero-order valence-electron chi connectivity index (χ0n) is 17.1. The molecule has 1 aromatic heterocycles. The summed E-state index contributed by atoms with van der Waals surface area (Å²) in [6.45, 7) is 4.56. The molecule has 2 aliphatic rings. The second-order valence-electron chi connectivity index (χ2n) is 8.34. The third-order valence-electron chi connectivity index (χ3n) is 6.34. The number of rotatable bonds is 3. The van der Waals surface area contributed by atoms with E-state index in [-0.39, 0.29) is 23.9 Å². The lowest BCUT2D eigenvalue weighted by atomic mass is 9.72. The lowest BCUT2D eigenvalue weighted by molar-refractivity contribution is -0.121. The highest BCUT2D eigenvalue weighted by molar-refractivity contribution is 6.08. The molecule has 1 fully saturated rings. The van der Waals surface area contributed by atoms with Crippen molar-refractivity contribution in [3.63, 3.8) is 0 Å². The molecule has 0 saturated carbocycles. The minimum atomic E-state index is -0.790. The van der Waals surface area contributed by atoms with Gasteiger partial charge in [0.25, 0.3) is 5.91 Å². The standard InChI is InChI=1S/C24H24N4O2/c1-16(2)28-15-18(14-25-28)22(29)27-13-12-24(21(27)17-8-4-3-5-9-17)19-10-6-7-11-20(19)26-23(24)30/h3-11,14-16,21H,12-13H2,1-2H3,(H,26,30)/t21-,24+/m0/s1. The molecule has 3 heterocycles. The zero-order valence-corrected chi connectivity index (χ0v) is 17.1. The molecule has 0 unspecified atom stereocenters. The Morgan fingerprint density at radius 3 is 2.60 bits per heavy atom. The normalized spacial score (nSPS) is 22.6. The number of fused-ring (bicyclic) bond motifs is 2. The van der Waals surface area contributed by atoms with Gasteiger partial charge in [-0.25, -0.2) is 0 Å². The topological polar surface area (TPSA) is 67.2 Å². The number of carbonyl (C=O) groups is 2. The number of anilines is 1. The van der Waals surface area contributed by atoms with Gasteiger partial charge in [0.15, 0.2) is 0 Å². The average molecular weight is 400 g/mol. The Kier molecular flexibility index (Phi) is 4.24. The van der Waals surface area contributed by atoms with Crippen LogP contribution in [0.15, 0.2) is 67.0 Å². The van der Waals surface area contributed by atoms with E-state index >= 15 is 0 Å². The molecule has 1 saturated heterocycles. The van der Waals surface area contributed by atoms with Crippen molar-refractivity contribution in [1.29, 1.82) is 0 Å². The summed E-state index contributed by atoms with van der Waals surface area (Å²) in [4.78, 5) is 28.8. The molecule has 6 nitrogen and oxygen atoms in total. The van der Waals surface area contributed by atoms with Crippen LogP contribution in [0.5, 0.6) is 0 Å². The predicted molar refractivity (Wildman–Crippen MR) is 114 cm³/mol. The van der Waals surface area contributed by atoms with Crippen molar-refractivity contribution in [3.8, 4) is 0 Å². The summed E-state index contributed by atoms with van der Waals surface area (Å²) in [7, 11) is 0. The van der Waals surface area contributed by atoms with Crippen molar-refractivity contribution >= 4 is 17.5 Å². The number of carbonyl (C=O) groups excluding carboxylic acids is 2. The van der Waals surface area contributed by atoms with Gasteiger partial charge in [-0.1, -0.05) is 48.5 Å². The summed E-state index contributed by atoms with van der Waals surface area (Å²) < 4.78 is 1.79. The molecule has 3 aromatic rings. The Balaban J connectivity index is 1.63. The third-order valence-corrected chi connectivity index (χ3v) is 6.34. The molecule has 2 amide bonds. The Bertz CT molecular complexity index is 1120. The van der Waals surface area contributed by atoms with Crippen LogP contribution in [-0.2, 0) is 10.2 Å². The fraction of sp³-hybridized carbons (Fsp3) is 0.292. The number of hydrogen-bond donors (Lipinski definition) is 1. The molecule has 30 heavy (non-hydrogen) atoms. The van der Waals surface area contributed by atoms with Gasteiger partial charge in [-0.05, 0) is 37.5 Å². The first kappa shape index (κ1) is 18.6. The van der Waals surface area contributed by atoms with Crippen LogP contribution in [0.2, 0.25) is 0 Å². The Morgan fingerprint density at radius 2 is 1.87 bits per heavy atom. The van der Waals surface area contributed by atoms with E-state index in [0.717, 1.165) is 16.8 Å². The van der Waals surface area contributed by atoms with Crippen molar-refractivity contribution < 1.29 is 9.59 Å². The fourth-order valence-electron chi connectivity index (χ4n) is 4.90. The maximum absolute atomic E-state index is 13.6. The highest BCUT2D eigenvalue weighted by Gasteiger charge is 2.59. The van der Waals surface area contributed by atoms with E-state index in [1.54, 1.807) is 17.1 Å². The summed E-state index contributed by atoms with van der Waals surface area (Å²) in [5, 5.41) is 7.39. The number of amides is 2. The monoisotopic (exact) mass is 400 g/mol. The maximum atomic E-state index is 13.6. The quantitative estimate of drug-likeness (QED) is 0.724. The van der Waals surface area contributed by atoms with Crippen molar-refractivity contribution in [2.75, 3.05) is 11.9 Å². The van der Waals surface area contributed by atoms with E-state index in [2.05, 4.69) is 10.4 Å². The summed E-state index contributed by atoms with van der Waals surface area (Å²) in [6, 6.07) is 17.5. The van der Waals surface area contributed by atoms with E-state index in [4.69, 9.17) is 0 Å². The van der Waals surface area contributed by atoms with Crippen molar-refractivity contribution in [2.24, 2.45) is 0 Å². The van der Waals surface area contributed by atoms with Gasteiger partial charge in [0, 0.05) is 24.5 Å². The molecule has 1 spiro atoms. The van der Waals surface area contributed by atoms with Gasteiger partial charge in [-0.2, -0.15) is 5.10 Å². The van der Waals surface area contributed by atoms with Crippen LogP contribution in [0.25, 0.3) is 0 Å². The number of aromatic nitrogens is 2. The van der Waals surface area contributed by atoms with Crippen LogP contribution in [0.3, 0.4) is 0 Å². The minimum absolute atomic E-state index is 0.0364. The Labute approximate surface area is 175 Å². The van der Waals surface area contributed by atoms with Crippen LogP contribution in [0.4, 0.5) is 5.69 Å². The van der Waals surface area contributed by atoms with E-state index < -0.39 is 5.41 Å². The lowest BCUT2D eigenvalue weighted by Crippen LogP contribution is -2.42. The van der Waals surface area contributed by atoms with Gasteiger partial charge in [0.05, 0.1) is 17.8 Å². The molecule has 152 valence electrons.